The summed E-state index contributed by atoms with van der Waals surface area (Å²) in [6, 6.07) is 6.06. The van der Waals surface area contributed by atoms with Crippen LogP contribution in [0.15, 0.2) is 36.5 Å². The number of rotatable bonds is 5. The molecule has 1 heterocycles. The number of esters is 1. The van der Waals surface area contributed by atoms with Gasteiger partial charge in [0.1, 0.15) is 24.0 Å². The lowest BCUT2D eigenvalue weighted by molar-refractivity contribution is 0.0525. The van der Waals surface area contributed by atoms with Crippen molar-refractivity contribution in [2.24, 2.45) is 0 Å². The lowest BCUT2D eigenvalue weighted by Gasteiger charge is -2.07. The molecule has 0 amide bonds. The van der Waals surface area contributed by atoms with Crippen molar-refractivity contribution in [3.05, 3.63) is 59.4 Å². The van der Waals surface area contributed by atoms with Gasteiger partial charge in [0.2, 0.25) is 0 Å². The van der Waals surface area contributed by atoms with Crippen molar-refractivity contribution in [1.82, 2.24) is 4.98 Å². The molecule has 4 nitrogen and oxygen atoms in total. The first kappa shape index (κ1) is 14.9. The predicted octanol–water partition coefficient (Wildman–Crippen LogP) is 3.12. The van der Waals surface area contributed by atoms with Crippen LogP contribution < -0.4 is 4.74 Å². The van der Waals surface area contributed by atoms with E-state index in [1.165, 1.54) is 6.20 Å². The number of ether oxygens (including phenoxy) is 2. The number of hydrogen-bond donors (Lipinski definition) is 0. The Bertz CT molecular complexity index is 609. The van der Waals surface area contributed by atoms with Crippen LogP contribution in [0.2, 0.25) is 0 Å². The van der Waals surface area contributed by atoms with Gasteiger partial charge >= 0.3 is 5.97 Å². The van der Waals surface area contributed by atoms with E-state index in [-0.39, 0.29) is 19.0 Å². The van der Waals surface area contributed by atoms with E-state index in [0.29, 0.717) is 11.3 Å². The Morgan fingerprint density at radius 2 is 1.90 bits per heavy atom. The Hall–Kier alpha value is -2.50. The van der Waals surface area contributed by atoms with E-state index in [1.54, 1.807) is 19.1 Å². The maximum Gasteiger partial charge on any atom is 0.339 e. The number of carbonyl (C=O) groups is 1. The molecule has 2 aromatic rings. The Kier molecular flexibility index (Phi) is 4.81. The number of benzene rings is 1. The molecule has 6 heteroatoms. The molecule has 0 atom stereocenters. The van der Waals surface area contributed by atoms with Gasteiger partial charge < -0.3 is 9.47 Å². The van der Waals surface area contributed by atoms with Gasteiger partial charge in [-0.3, -0.25) is 4.98 Å². The predicted molar refractivity (Wildman–Crippen MR) is 70.9 cm³/mol. The van der Waals surface area contributed by atoms with Crippen molar-refractivity contribution < 1.29 is 23.0 Å². The van der Waals surface area contributed by atoms with E-state index in [4.69, 9.17) is 9.47 Å². The summed E-state index contributed by atoms with van der Waals surface area (Å²) in [4.78, 5) is 15.5. The lowest BCUT2D eigenvalue weighted by atomic mass is 10.2. The van der Waals surface area contributed by atoms with Crippen LogP contribution in [0.25, 0.3) is 0 Å². The third-order valence-electron chi connectivity index (χ3n) is 2.56. The number of hydrogen-bond acceptors (Lipinski definition) is 4. The monoisotopic (exact) mass is 293 g/mol. The molecular weight excluding hydrogens is 280 g/mol. The highest BCUT2D eigenvalue weighted by molar-refractivity contribution is 5.88. The quantitative estimate of drug-likeness (QED) is 0.795. The zero-order valence-corrected chi connectivity index (χ0v) is 11.3. The van der Waals surface area contributed by atoms with Crippen molar-refractivity contribution >= 4 is 5.97 Å². The number of pyridine rings is 1. The second kappa shape index (κ2) is 6.78. The van der Waals surface area contributed by atoms with Crippen LogP contribution in [0, 0.1) is 11.6 Å². The summed E-state index contributed by atoms with van der Waals surface area (Å²) in [6.45, 7) is 2.03. The van der Waals surface area contributed by atoms with Crippen molar-refractivity contribution in [3.63, 3.8) is 0 Å². The third-order valence-corrected chi connectivity index (χ3v) is 2.56. The Morgan fingerprint density at radius 1 is 1.19 bits per heavy atom. The Balaban J connectivity index is 1.99. The molecule has 0 saturated heterocycles. The minimum absolute atomic E-state index is 0.0337. The molecule has 2 rings (SSSR count). The minimum atomic E-state index is -0.712. The summed E-state index contributed by atoms with van der Waals surface area (Å²) in [5.74, 6) is -1.81. The first-order chi connectivity index (χ1) is 10.1. The van der Waals surface area contributed by atoms with E-state index in [9.17, 15) is 13.6 Å². The highest BCUT2D eigenvalue weighted by Gasteiger charge is 2.07. The normalized spacial score (nSPS) is 10.2. The maximum absolute atomic E-state index is 13.0. The summed E-state index contributed by atoms with van der Waals surface area (Å²) < 4.78 is 36.0. The van der Waals surface area contributed by atoms with Gasteiger partial charge in [0.15, 0.2) is 0 Å². The van der Waals surface area contributed by atoms with Crippen molar-refractivity contribution in [2.75, 3.05) is 6.61 Å². The molecule has 0 bridgehead atoms. The Morgan fingerprint density at radius 3 is 2.48 bits per heavy atom. The SMILES string of the molecule is CCOC(=O)c1ccc(COc2cc(F)cc(F)c2)nc1. The van der Waals surface area contributed by atoms with Crippen LogP contribution in [0.4, 0.5) is 8.78 Å². The van der Waals surface area contributed by atoms with Crippen LogP contribution >= 0.6 is 0 Å². The van der Waals surface area contributed by atoms with Gasteiger partial charge in [-0.25, -0.2) is 13.6 Å². The summed E-state index contributed by atoms with van der Waals surface area (Å²) in [6.07, 6.45) is 1.36. The largest absolute Gasteiger partial charge is 0.487 e. The highest BCUT2D eigenvalue weighted by Crippen LogP contribution is 2.16. The van der Waals surface area contributed by atoms with E-state index < -0.39 is 17.6 Å². The topological polar surface area (TPSA) is 48.4 Å². The highest BCUT2D eigenvalue weighted by atomic mass is 19.1. The molecule has 0 aliphatic rings. The lowest BCUT2D eigenvalue weighted by Crippen LogP contribution is -2.06. The fraction of sp³-hybridized carbons (Fsp3) is 0.200. The smallest absolute Gasteiger partial charge is 0.339 e. The molecule has 0 aliphatic heterocycles. The second-order valence-corrected chi connectivity index (χ2v) is 4.15. The maximum atomic E-state index is 13.0. The zero-order valence-electron chi connectivity index (χ0n) is 11.3. The van der Waals surface area contributed by atoms with Gasteiger partial charge in [-0.2, -0.15) is 0 Å². The van der Waals surface area contributed by atoms with Crippen molar-refractivity contribution in [1.29, 1.82) is 0 Å². The Labute approximate surface area is 120 Å². The van der Waals surface area contributed by atoms with Crippen LogP contribution in [-0.4, -0.2) is 17.6 Å². The third kappa shape index (κ3) is 4.24. The molecule has 1 aromatic heterocycles. The van der Waals surface area contributed by atoms with Gasteiger partial charge in [0, 0.05) is 24.4 Å². The van der Waals surface area contributed by atoms with E-state index in [1.807, 2.05) is 0 Å². The van der Waals surface area contributed by atoms with Gasteiger partial charge in [0.25, 0.3) is 0 Å². The second-order valence-electron chi connectivity index (χ2n) is 4.15. The van der Waals surface area contributed by atoms with Crippen molar-refractivity contribution in [3.8, 4) is 5.75 Å². The molecule has 0 fully saturated rings. The first-order valence-electron chi connectivity index (χ1n) is 6.29. The number of halogens is 2. The van der Waals surface area contributed by atoms with Crippen LogP contribution in [-0.2, 0) is 11.3 Å². The molecule has 1 aromatic carbocycles. The van der Waals surface area contributed by atoms with Crippen LogP contribution in [0.3, 0.4) is 0 Å². The molecule has 0 spiro atoms. The van der Waals surface area contributed by atoms with E-state index >= 15 is 0 Å². The molecular formula is C15H13F2NO3. The zero-order chi connectivity index (χ0) is 15.2. The van der Waals surface area contributed by atoms with Crippen LogP contribution in [0.5, 0.6) is 5.75 Å². The standard InChI is InChI=1S/C15H13F2NO3/c1-2-20-15(19)10-3-4-13(18-8-10)9-21-14-6-11(16)5-12(17)7-14/h3-8H,2,9H2,1H3. The fourth-order valence-corrected chi connectivity index (χ4v) is 1.61. The van der Waals surface area contributed by atoms with Crippen molar-refractivity contribution in [2.45, 2.75) is 13.5 Å². The molecule has 0 radical (unpaired) electrons. The number of nitrogens with zero attached hydrogens (tertiary/aromatic N) is 1. The van der Waals surface area contributed by atoms with Gasteiger partial charge in [-0.05, 0) is 19.1 Å². The summed E-state index contributed by atoms with van der Waals surface area (Å²) in [5.41, 5.74) is 0.852. The summed E-state index contributed by atoms with van der Waals surface area (Å²) >= 11 is 0. The summed E-state index contributed by atoms with van der Waals surface area (Å²) in [5, 5.41) is 0. The molecule has 0 unspecified atom stereocenters. The average molecular weight is 293 g/mol. The van der Waals surface area contributed by atoms with Crippen LogP contribution in [0.1, 0.15) is 23.0 Å². The average Bonchev–Trinajstić information content (AvgIpc) is 2.45. The van der Waals surface area contributed by atoms with Gasteiger partial charge in [-0.1, -0.05) is 0 Å². The first-order valence-corrected chi connectivity index (χ1v) is 6.29. The van der Waals surface area contributed by atoms with E-state index in [0.717, 1.165) is 18.2 Å². The fourth-order valence-electron chi connectivity index (χ4n) is 1.61. The number of carbonyl (C=O) groups excluding carboxylic acids is 1. The van der Waals surface area contributed by atoms with Gasteiger partial charge in [0.05, 0.1) is 17.9 Å². The molecule has 110 valence electrons. The minimum Gasteiger partial charge on any atom is -0.487 e. The molecule has 0 aliphatic carbocycles. The van der Waals surface area contributed by atoms with Gasteiger partial charge in [-0.15, -0.1) is 0 Å². The molecule has 21 heavy (non-hydrogen) atoms. The molecule has 0 N–H and O–H groups in total. The summed E-state index contributed by atoms with van der Waals surface area (Å²) in [7, 11) is 0. The molecule has 0 saturated carbocycles. The van der Waals surface area contributed by atoms with E-state index in [2.05, 4.69) is 4.98 Å². The number of aromatic nitrogens is 1.